The average Bonchev–Trinajstić information content (AvgIpc) is 2.67. The Morgan fingerprint density at radius 2 is 2.21 bits per heavy atom. The van der Waals surface area contributed by atoms with Crippen LogP contribution in [0.4, 0.5) is 5.69 Å². The first-order chi connectivity index (χ1) is 8.97. The lowest BCUT2D eigenvalue weighted by atomic mass is 9.96. The van der Waals surface area contributed by atoms with Crippen molar-refractivity contribution in [3.05, 3.63) is 24.1 Å². The summed E-state index contributed by atoms with van der Waals surface area (Å²) in [6.07, 6.45) is 0. The zero-order valence-corrected chi connectivity index (χ0v) is 11.3. The van der Waals surface area contributed by atoms with Gasteiger partial charge in [-0.3, -0.25) is 4.79 Å². The molecule has 5 heteroatoms. The van der Waals surface area contributed by atoms with Gasteiger partial charge in [-0.1, -0.05) is 13.8 Å². The summed E-state index contributed by atoms with van der Waals surface area (Å²) < 4.78 is 5.39. The summed E-state index contributed by atoms with van der Waals surface area (Å²) in [6, 6.07) is 5.57. The van der Waals surface area contributed by atoms with Crippen molar-refractivity contribution in [3.63, 3.8) is 0 Å². The molecule has 0 amide bonds. The monoisotopic (exact) mass is 262 g/mol. The molecular weight excluding hydrogens is 244 g/mol. The number of anilines is 1. The second-order valence-corrected chi connectivity index (χ2v) is 4.99. The maximum Gasteiger partial charge on any atom is 0.308 e. The van der Waals surface area contributed by atoms with Crippen LogP contribution >= 0.6 is 0 Å². The predicted octanol–water partition coefficient (Wildman–Crippen LogP) is 2.90. The van der Waals surface area contributed by atoms with Crippen molar-refractivity contribution in [2.75, 3.05) is 11.9 Å². The van der Waals surface area contributed by atoms with Crippen molar-refractivity contribution < 1.29 is 14.3 Å². The van der Waals surface area contributed by atoms with E-state index in [0.717, 1.165) is 16.8 Å². The molecule has 1 aromatic heterocycles. The molecule has 0 spiro atoms. The van der Waals surface area contributed by atoms with Crippen LogP contribution in [-0.2, 0) is 4.79 Å². The number of carboxylic acid groups (broad SMARTS) is 1. The first-order valence-electron chi connectivity index (χ1n) is 6.31. The lowest BCUT2D eigenvalue weighted by Gasteiger charge is -2.17. The number of nitrogens with zero attached hydrogens (tertiary/aromatic N) is 1. The summed E-state index contributed by atoms with van der Waals surface area (Å²) in [5, 5.41) is 12.3. The van der Waals surface area contributed by atoms with Gasteiger partial charge in [0.1, 0.15) is 5.52 Å². The Labute approximate surface area is 111 Å². The zero-order valence-electron chi connectivity index (χ0n) is 11.3. The van der Waals surface area contributed by atoms with Crippen molar-refractivity contribution in [1.82, 2.24) is 4.98 Å². The Kier molecular flexibility index (Phi) is 3.74. The molecule has 1 heterocycles. The minimum Gasteiger partial charge on any atom is -0.481 e. The molecule has 0 bridgehead atoms. The van der Waals surface area contributed by atoms with Crippen LogP contribution < -0.4 is 5.32 Å². The van der Waals surface area contributed by atoms with Crippen molar-refractivity contribution in [3.8, 4) is 0 Å². The number of rotatable bonds is 5. The van der Waals surface area contributed by atoms with Crippen LogP contribution in [0, 0.1) is 18.8 Å². The van der Waals surface area contributed by atoms with Gasteiger partial charge in [0.15, 0.2) is 11.5 Å². The van der Waals surface area contributed by atoms with Gasteiger partial charge in [-0.2, -0.15) is 0 Å². The molecule has 0 saturated carbocycles. The zero-order chi connectivity index (χ0) is 14.0. The number of aromatic nitrogens is 1. The average molecular weight is 262 g/mol. The summed E-state index contributed by atoms with van der Waals surface area (Å²) in [5.74, 6) is -0.476. The first kappa shape index (κ1) is 13.4. The normalized spacial score (nSPS) is 12.8. The van der Waals surface area contributed by atoms with Gasteiger partial charge in [0, 0.05) is 19.2 Å². The van der Waals surface area contributed by atoms with Crippen molar-refractivity contribution in [2.45, 2.75) is 20.8 Å². The number of oxazole rings is 1. The summed E-state index contributed by atoms with van der Waals surface area (Å²) in [6.45, 7) is 6.01. The Balaban J connectivity index is 2.10. The third-order valence-corrected chi connectivity index (χ3v) is 3.14. The van der Waals surface area contributed by atoms with E-state index < -0.39 is 11.9 Å². The van der Waals surface area contributed by atoms with Crippen molar-refractivity contribution in [2.24, 2.45) is 11.8 Å². The molecule has 2 N–H and O–H groups in total. The van der Waals surface area contributed by atoms with E-state index in [1.807, 2.05) is 32.0 Å². The third-order valence-electron chi connectivity index (χ3n) is 3.14. The smallest absolute Gasteiger partial charge is 0.308 e. The fourth-order valence-corrected chi connectivity index (χ4v) is 1.99. The minimum absolute atomic E-state index is 0.0861. The molecule has 0 saturated heterocycles. The van der Waals surface area contributed by atoms with E-state index in [9.17, 15) is 4.79 Å². The highest BCUT2D eigenvalue weighted by Gasteiger charge is 2.20. The highest BCUT2D eigenvalue weighted by atomic mass is 16.4. The summed E-state index contributed by atoms with van der Waals surface area (Å²) in [5.41, 5.74) is 2.37. The molecule has 0 fully saturated rings. The SMILES string of the molecule is Cc1nc2cc(NCC(C(=O)O)C(C)C)ccc2o1. The van der Waals surface area contributed by atoms with Crippen LogP contribution in [0.2, 0.25) is 0 Å². The molecule has 19 heavy (non-hydrogen) atoms. The number of aryl methyl sites for hydroxylation is 1. The molecule has 1 atom stereocenters. The summed E-state index contributed by atoms with van der Waals surface area (Å²) in [4.78, 5) is 15.4. The van der Waals surface area contributed by atoms with Gasteiger partial charge in [-0.15, -0.1) is 0 Å². The van der Waals surface area contributed by atoms with Gasteiger partial charge in [-0.05, 0) is 24.1 Å². The van der Waals surface area contributed by atoms with Crippen LogP contribution in [-0.4, -0.2) is 22.6 Å². The fourth-order valence-electron chi connectivity index (χ4n) is 1.99. The quantitative estimate of drug-likeness (QED) is 0.866. The van der Waals surface area contributed by atoms with Crippen LogP contribution in [0.5, 0.6) is 0 Å². The predicted molar refractivity (Wildman–Crippen MR) is 73.2 cm³/mol. The van der Waals surface area contributed by atoms with E-state index in [1.54, 1.807) is 6.92 Å². The van der Waals surface area contributed by atoms with E-state index in [1.165, 1.54) is 0 Å². The van der Waals surface area contributed by atoms with Gasteiger partial charge in [0.2, 0.25) is 0 Å². The highest BCUT2D eigenvalue weighted by Crippen LogP contribution is 2.20. The minimum atomic E-state index is -0.777. The maximum absolute atomic E-state index is 11.1. The molecule has 2 aromatic rings. The molecule has 2 rings (SSSR count). The number of benzene rings is 1. The Hall–Kier alpha value is -2.04. The lowest BCUT2D eigenvalue weighted by Crippen LogP contribution is -2.27. The number of nitrogens with one attached hydrogen (secondary N) is 1. The Morgan fingerprint density at radius 3 is 2.84 bits per heavy atom. The van der Waals surface area contributed by atoms with Gasteiger partial charge in [-0.25, -0.2) is 4.98 Å². The molecule has 1 unspecified atom stereocenters. The number of carbonyl (C=O) groups is 1. The van der Waals surface area contributed by atoms with Gasteiger partial charge in [0.05, 0.1) is 5.92 Å². The van der Waals surface area contributed by atoms with E-state index in [0.29, 0.717) is 12.4 Å². The van der Waals surface area contributed by atoms with Gasteiger partial charge >= 0.3 is 5.97 Å². The maximum atomic E-state index is 11.1. The molecule has 0 aliphatic rings. The van der Waals surface area contributed by atoms with E-state index >= 15 is 0 Å². The topological polar surface area (TPSA) is 75.4 Å². The fraction of sp³-hybridized carbons (Fsp3) is 0.429. The number of aliphatic carboxylic acids is 1. The number of hydrogen-bond donors (Lipinski definition) is 2. The van der Waals surface area contributed by atoms with E-state index in [2.05, 4.69) is 10.3 Å². The van der Waals surface area contributed by atoms with Crippen LogP contribution in [0.25, 0.3) is 11.1 Å². The van der Waals surface area contributed by atoms with Gasteiger partial charge in [0.25, 0.3) is 0 Å². The first-order valence-corrected chi connectivity index (χ1v) is 6.31. The molecule has 102 valence electrons. The largest absolute Gasteiger partial charge is 0.481 e. The van der Waals surface area contributed by atoms with Crippen LogP contribution in [0.1, 0.15) is 19.7 Å². The molecule has 1 aromatic carbocycles. The second-order valence-electron chi connectivity index (χ2n) is 4.99. The molecular formula is C14H18N2O3. The van der Waals surface area contributed by atoms with Gasteiger partial charge < -0.3 is 14.8 Å². The number of carboxylic acids is 1. The number of fused-ring (bicyclic) bond motifs is 1. The van der Waals surface area contributed by atoms with E-state index in [-0.39, 0.29) is 5.92 Å². The number of hydrogen-bond acceptors (Lipinski definition) is 4. The van der Waals surface area contributed by atoms with Crippen LogP contribution in [0.15, 0.2) is 22.6 Å². The molecule has 0 radical (unpaired) electrons. The third kappa shape index (κ3) is 3.05. The molecule has 5 nitrogen and oxygen atoms in total. The molecule has 0 aliphatic heterocycles. The van der Waals surface area contributed by atoms with Crippen molar-refractivity contribution in [1.29, 1.82) is 0 Å². The molecule has 0 aliphatic carbocycles. The summed E-state index contributed by atoms with van der Waals surface area (Å²) in [7, 11) is 0. The lowest BCUT2D eigenvalue weighted by molar-refractivity contribution is -0.142. The Bertz CT molecular complexity index is 589. The summed E-state index contributed by atoms with van der Waals surface area (Å²) >= 11 is 0. The van der Waals surface area contributed by atoms with Crippen molar-refractivity contribution >= 4 is 22.8 Å². The Morgan fingerprint density at radius 1 is 1.47 bits per heavy atom. The second kappa shape index (κ2) is 5.30. The van der Waals surface area contributed by atoms with Crippen LogP contribution in [0.3, 0.4) is 0 Å². The highest BCUT2D eigenvalue weighted by molar-refractivity contribution is 5.77. The van der Waals surface area contributed by atoms with E-state index in [4.69, 9.17) is 9.52 Å². The standard InChI is InChI=1S/C14H18N2O3/c1-8(2)11(14(17)18)7-15-10-4-5-13-12(6-10)16-9(3)19-13/h4-6,8,11,15H,7H2,1-3H3,(H,17,18).